The molecule has 0 aliphatic heterocycles. The lowest BCUT2D eigenvalue weighted by atomic mass is 9.78. The van der Waals surface area contributed by atoms with Crippen LogP contribution in [-0.4, -0.2) is 20.0 Å². The SMILES string of the molecule is COc1cc(Cl)c(C2CCC2=O)c(OC)c1. The minimum absolute atomic E-state index is 0.103. The first kappa shape index (κ1) is 11.3. The molecule has 0 bridgehead atoms. The summed E-state index contributed by atoms with van der Waals surface area (Å²) in [6.45, 7) is 0. The topological polar surface area (TPSA) is 35.5 Å². The third kappa shape index (κ3) is 1.76. The van der Waals surface area contributed by atoms with Crippen LogP contribution in [0.3, 0.4) is 0 Å². The molecule has 1 saturated carbocycles. The van der Waals surface area contributed by atoms with Gasteiger partial charge in [-0.2, -0.15) is 0 Å². The van der Waals surface area contributed by atoms with Gasteiger partial charge in [-0.05, 0) is 12.5 Å². The summed E-state index contributed by atoms with van der Waals surface area (Å²) in [5.41, 5.74) is 0.793. The molecular formula is C12H13ClO3. The third-order valence-electron chi connectivity index (χ3n) is 2.94. The first-order valence-electron chi connectivity index (χ1n) is 5.11. The van der Waals surface area contributed by atoms with Crippen LogP contribution >= 0.6 is 11.6 Å². The van der Waals surface area contributed by atoms with Crippen molar-refractivity contribution >= 4 is 17.4 Å². The number of hydrogen-bond acceptors (Lipinski definition) is 3. The molecule has 0 spiro atoms. The number of methoxy groups -OCH3 is 2. The maximum Gasteiger partial charge on any atom is 0.140 e. The zero-order chi connectivity index (χ0) is 11.7. The zero-order valence-corrected chi connectivity index (χ0v) is 10.0. The molecule has 1 aromatic carbocycles. The molecule has 86 valence electrons. The Kier molecular flexibility index (Phi) is 3.06. The van der Waals surface area contributed by atoms with Crippen molar-refractivity contribution in [2.45, 2.75) is 18.8 Å². The van der Waals surface area contributed by atoms with Crippen LogP contribution in [0.25, 0.3) is 0 Å². The lowest BCUT2D eigenvalue weighted by Crippen LogP contribution is -2.24. The second-order valence-electron chi connectivity index (χ2n) is 3.78. The van der Waals surface area contributed by atoms with Gasteiger partial charge in [0.15, 0.2) is 0 Å². The van der Waals surface area contributed by atoms with Gasteiger partial charge in [-0.15, -0.1) is 0 Å². The van der Waals surface area contributed by atoms with Crippen molar-refractivity contribution < 1.29 is 14.3 Å². The van der Waals surface area contributed by atoms with Gasteiger partial charge < -0.3 is 9.47 Å². The van der Waals surface area contributed by atoms with Gasteiger partial charge in [-0.3, -0.25) is 4.79 Å². The Morgan fingerprint density at radius 2 is 2.06 bits per heavy atom. The Bertz CT molecular complexity index is 429. The van der Waals surface area contributed by atoms with E-state index in [2.05, 4.69) is 0 Å². The molecule has 0 heterocycles. The summed E-state index contributed by atoms with van der Waals surface area (Å²) in [5, 5.41) is 0.536. The minimum atomic E-state index is -0.103. The van der Waals surface area contributed by atoms with Gasteiger partial charge in [0.05, 0.1) is 19.2 Å². The number of ether oxygens (including phenoxy) is 2. The van der Waals surface area contributed by atoms with Crippen molar-refractivity contribution in [1.82, 2.24) is 0 Å². The van der Waals surface area contributed by atoms with Crippen molar-refractivity contribution in [1.29, 1.82) is 0 Å². The number of carbonyl (C=O) groups excluding carboxylic acids is 1. The molecule has 1 fully saturated rings. The Labute approximate surface area is 99.3 Å². The smallest absolute Gasteiger partial charge is 0.140 e. The van der Waals surface area contributed by atoms with Crippen molar-refractivity contribution in [2.24, 2.45) is 0 Å². The van der Waals surface area contributed by atoms with Crippen LogP contribution in [0, 0.1) is 0 Å². The average molecular weight is 241 g/mol. The van der Waals surface area contributed by atoms with E-state index in [9.17, 15) is 4.79 Å². The number of carbonyl (C=O) groups is 1. The normalized spacial score (nSPS) is 19.2. The van der Waals surface area contributed by atoms with Crippen molar-refractivity contribution in [3.05, 3.63) is 22.7 Å². The molecule has 16 heavy (non-hydrogen) atoms. The van der Waals surface area contributed by atoms with E-state index in [0.717, 1.165) is 12.0 Å². The molecule has 0 saturated heterocycles. The first-order valence-corrected chi connectivity index (χ1v) is 5.49. The van der Waals surface area contributed by atoms with Crippen LogP contribution in [0.15, 0.2) is 12.1 Å². The fourth-order valence-electron chi connectivity index (χ4n) is 1.91. The van der Waals surface area contributed by atoms with Gasteiger partial charge in [0.2, 0.25) is 0 Å². The Balaban J connectivity index is 2.46. The van der Waals surface area contributed by atoms with E-state index in [1.54, 1.807) is 26.4 Å². The molecule has 0 amide bonds. The molecule has 3 nitrogen and oxygen atoms in total. The summed E-state index contributed by atoms with van der Waals surface area (Å²) < 4.78 is 10.4. The van der Waals surface area contributed by atoms with E-state index in [-0.39, 0.29) is 11.7 Å². The Morgan fingerprint density at radius 3 is 2.50 bits per heavy atom. The fraction of sp³-hybridized carbons (Fsp3) is 0.417. The van der Waals surface area contributed by atoms with Gasteiger partial charge in [-0.1, -0.05) is 11.6 Å². The third-order valence-corrected chi connectivity index (χ3v) is 3.25. The minimum Gasteiger partial charge on any atom is -0.497 e. The highest BCUT2D eigenvalue weighted by molar-refractivity contribution is 6.32. The highest BCUT2D eigenvalue weighted by Crippen LogP contribution is 2.43. The molecule has 0 aromatic heterocycles. The first-order chi connectivity index (χ1) is 7.67. The van der Waals surface area contributed by atoms with Gasteiger partial charge in [0.25, 0.3) is 0 Å². The molecule has 1 atom stereocenters. The Morgan fingerprint density at radius 1 is 1.31 bits per heavy atom. The number of rotatable bonds is 3. The number of ketones is 1. The summed E-state index contributed by atoms with van der Waals surface area (Å²) in [6.07, 6.45) is 1.48. The number of halogens is 1. The summed E-state index contributed by atoms with van der Waals surface area (Å²) in [5.74, 6) is 1.39. The molecule has 4 heteroatoms. The summed E-state index contributed by atoms with van der Waals surface area (Å²) in [7, 11) is 3.14. The zero-order valence-electron chi connectivity index (χ0n) is 9.25. The standard InChI is InChI=1S/C12H13ClO3/c1-15-7-5-9(13)12(11(6-7)16-2)8-3-4-10(8)14/h5-6,8H,3-4H2,1-2H3. The van der Waals surface area contributed by atoms with Crippen molar-refractivity contribution in [3.63, 3.8) is 0 Å². The molecule has 1 aliphatic carbocycles. The summed E-state index contributed by atoms with van der Waals surface area (Å²) >= 11 is 6.15. The van der Waals surface area contributed by atoms with Crippen LogP contribution in [0.5, 0.6) is 11.5 Å². The number of benzene rings is 1. The summed E-state index contributed by atoms with van der Waals surface area (Å²) in [4.78, 5) is 11.5. The molecule has 0 N–H and O–H groups in total. The van der Waals surface area contributed by atoms with E-state index in [1.807, 2.05) is 0 Å². The van der Waals surface area contributed by atoms with E-state index >= 15 is 0 Å². The monoisotopic (exact) mass is 240 g/mol. The van der Waals surface area contributed by atoms with Gasteiger partial charge in [0, 0.05) is 24.0 Å². The lowest BCUT2D eigenvalue weighted by Gasteiger charge is -2.27. The van der Waals surface area contributed by atoms with Crippen LogP contribution in [0.1, 0.15) is 24.3 Å². The van der Waals surface area contributed by atoms with Gasteiger partial charge >= 0.3 is 0 Å². The highest BCUT2D eigenvalue weighted by Gasteiger charge is 2.33. The van der Waals surface area contributed by atoms with Gasteiger partial charge in [-0.25, -0.2) is 0 Å². The van der Waals surface area contributed by atoms with Crippen LogP contribution in [-0.2, 0) is 4.79 Å². The van der Waals surface area contributed by atoms with E-state index in [1.165, 1.54) is 0 Å². The largest absolute Gasteiger partial charge is 0.497 e. The second-order valence-corrected chi connectivity index (χ2v) is 4.19. The van der Waals surface area contributed by atoms with E-state index in [0.29, 0.717) is 22.9 Å². The highest BCUT2D eigenvalue weighted by atomic mass is 35.5. The predicted octanol–water partition coefficient (Wildman–Crippen LogP) is 2.80. The molecule has 1 aromatic rings. The second kappa shape index (κ2) is 4.34. The lowest BCUT2D eigenvalue weighted by molar-refractivity contribution is -0.125. The molecule has 0 radical (unpaired) electrons. The molecule has 1 aliphatic rings. The van der Waals surface area contributed by atoms with Gasteiger partial charge in [0.1, 0.15) is 17.3 Å². The molecule has 2 rings (SSSR count). The van der Waals surface area contributed by atoms with Crippen molar-refractivity contribution in [2.75, 3.05) is 14.2 Å². The molecular weight excluding hydrogens is 228 g/mol. The maximum atomic E-state index is 11.5. The predicted molar refractivity (Wildman–Crippen MR) is 61.5 cm³/mol. The fourth-order valence-corrected chi connectivity index (χ4v) is 2.24. The van der Waals surface area contributed by atoms with E-state index in [4.69, 9.17) is 21.1 Å². The van der Waals surface area contributed by atoms with Crippen LogP contribution in [0.4, 0.5) is 0 Å². The van der Waals surface area contributed by atoms with E-state index < -0.39 is 0 Å². The number of hydrogen-bond donors (Lipinski definition) is 0. The van der Waals surface area contributed by atoms with Crippen LogP contribution < -0.4 is 9.47 Å². The quantitative estimate of drug-likeness (QED) is 0.815. The van der Waals surface area contributed by atoms with Crippen LogP contribution in [0.2, 0.25) is 5.02 Å². The van der Waals surface area contributed by atoms with Crippen molar-refractivity contribution in [3.8, 4) is 11.5 Å². The Hall–Kier alpha value is -1.22. The summed E-state index contributed by atoms with van der Waals surface area (Å²) in [6, 6.07) is 3.47. The average Bonchev–Trinajstić information content (AvgIpc) is 2.29. The maximum absolute atomic E-state index is 11.5. The molecule has 1 unspecified atom stereocenters. The number of Topliss-reactive ketones (excluding diaryl/α,β-unsaturated/α-hetero) is 1.